The number of carbonyl (C=O) groups excluding carboxylic acids is 1. The van der Waals surface area contributed by atoms with Gasteiger partial charge in [0.15, 0.2) is 0 Å². The van der Waals surface area contributed by atoms with Gasteiger partial charge in [-0.15, -0.1) is 5.10 Å². The number of aromatic nitrogens is 6. The SMILES string of the molecule is Cc1cccc(-n2nnnc2S[C@@H](C)C(=O)NCCn2cccn2)c1. The van der Waals surface area contributed by atoms with E-state index in [1.165, 1.54) is 11.8 Å². The van der Waals surface area contributed by atoms with E-state index >= 15 is 0 Å². The fraction of sp³-hybridized carbons (Fsp3) is 0.312. The number of aryl methyl sites for hydroxylation is 1. The first-order chi connectivity index (χ1) is 12.1. The molecule has 0 radical (unpaired) electrons. The Bertz CT molecular complexity index is 831. The molecule has 0 bridgehead atoms. The number of benzene rings is 1. The molecule has 0 aliphatic rings. The van der Waals surface area contributed by atoms with E-state index in [9.17, 15) is 4.79 Å². The number of rotatable bonds is 7. The second-order valence-electron chi connectivity index (χ2n) is 5.53. The summed E-state index contributed by atoms with van der Waals surface area (Å²) in [4.78, 5) is 12.3. The number of tetrazole rings is 1. The van der Waals surface area contributed by atoms with Gasteiger partial charge in [0.25, 0.3) is 0 Å². The molecule has 130 valence electrons. The lowest BCUT2D eigenvalue weighted by Gasteiger charge is -2.12. The van der Waals surface area contributed by atoms with Gasteiger partial charge in [-0.3, -0.25) is 9.48 Å². The number of hydrogen-bond acceptors (Lipinski definition) is 6. The van der Waals surface area contributed by atoms with Crippen molar-refractivity contribution in [1.82, 2.24) is 35.3 Å². The Balaban J connectivity index is 1.58. The summed E-state index contributed by atoms with van der Waals surface area (Å²) >= 11 is 1.33. The zero-order valence-electron chi connectivity index (χ0n) is 14.0. The fourth-order valence-corrected chi connectivity index (χ4v) is 3.09. The maximum absolute atomic E-state index is 12.3. The van der Waals surface area contributed by atoms with Gasteiger partial charge in [0.05, 0.1) is 17.5 Å². The standard InChI is InChI=1S/C16H19N7OS/c1-12-5-3-6-14(11-12)23-16(19-20-21-23)25-13(2)15(24)17-8-10-22-9-4-7-18-22/h3-7,9,11,13H,8,10H2,1-2H3,(H,17,24)/t13-/m0/s1. The lowest BCUT2D eigenvalue weighted by molar-refractivity contribution is -0.120. The van der Waals surface area contributed by atoms with Crippen LogP contribution >= 0.6 is 11.8 Å². The molecule has 1 aromatic carbocycles. The highest BCUT2D eigenvalue weighted by Crippen LogP contribution is 2.23. The highest BCUT2D eigenvalue weighted by atomic mass is 32.2. The Morgan fingerprint density at radius 1 is 1.36 bits per heavy atom. The molecule has 8 nitrogen and oxygen atoms in total. The van der Waals surface area contributed by atoms with Crippen LogP contribution < -0.4 is 5.32 Å². The van der Waals surface area contributed by atoms with Gasteiger partial charge in [-0.2, -0.15) is 9.78 Å². The first-order valence-corrected chi connectivity index (χ1v) is 8.78. The van der Waals surface area contributed by atoms with Crippen molar-refractivity contribution >= 4 is 17.7 Å². The number of nitrogens with zero attached hydrogens (tertiary/aromatic N) is 6. The molecular weight excluding hydrogens is 338 g/mol. The molecule has 0 unspecified atom stereocenters. The lowest BCUT2D eigenvalue weighted by atomic mass is 10.2. The Morgan fingerprint density at radius 2 is 2.24 bits per heavy atom. The topological polar surface area (TPSA) is 90.5 Å². The van der Waals surface area contributed by atoms with Crippen LogP contribution in [-0.2, 0) is 11.3 Å². The molecule has 25 heavy (non-hydrogen) atoms. The summed E-state index contributed by atoms with van der Waals surface area (Å²) in [6.07, 6.45) is 3.58. The van der Waals surface area contributed by atoms with E-state index in [0.29, 0.717) is 18.2 Å². The van der Waals surface area contributed by atoms with Crippen molar-refractivity contribution in [3.8, 4) is 5.69 Å². The van der Waals surface area contributed by atoms with Crippen molar-refractivity contribution in [1.29, 1.82) is 0 Å². The number of hydrogen-bond donors (Lipinski definition) is 1. The van der Waals surface area contributed by atoms with Crippen molar-refractivity contribution in [2.24, 2.45) is 0 Å². The molecule has 0 aliphatic carbocycles. The molecule has 1 amide bonds. The van der Waals surface area contributed by atoms with Crippen molar-refractivity contribution in [2.75, 3.05) is 6.54 Å². The maximum Gasteiger partial charge on any atom is 0.233 e. The Morgan fingerprint density at radius 3 is 3.00 bits per heavy atom. The molecule has 0 aliphatic heterocycles. The van der Waals surface area contributed by atoms with Crippen molar-refractivity contribution in [3.63, 3.8) is 0 Å². The number of nitrogens with one attached hydrogen (secondary N) is 1. The van der Waals surface area contributed by atoms with Crippen LogP contribution in [-0.4, -0.2) is 47.7 Å². The summed E-state index contributed by atoms with van der Waals surface area (Å²) in [6, 6.07) is 9.74. The normalized spacial score (nSPS) is 12.1. The van der Waals surface area contributed by atoms with E-state index in [2.05, 4.69) is 25.9 Å². The molecule has 0 saturated heterocycles. The first kappa shape index (κ1) is 17.2. The van der Waals surface area contributed by atoms with Crippen LogP contribution in [0.5, 0.6) is 0 Å². The Hall–Kier alpha value is -2.68. The summed E-state index contributed by atoms with van der Waals surface area (Å²) in [5.74, 6) is -0.0593. The first-order valence-electron chi connectivity index (χ1n) is 7.91. The van der Waals surface area contributed by atoms with E-state index < -0.39 is 0 Å². The third-order valence-electron chi connectivity index (χ3n) is 3.54. The summed E-state index contributed by atoms with van der Waals surface area (Å²) in [5, 5.41) is 19.1. The van der Waals surface area contributed by atoms with E-state index in [-0.39, 0.29) is 11.2 Å². The highest BCUT2D eigenvalue weighted by Gasteiger charge is 2.19. The molecule has 0 fully saturated rings. The fourth-order valence-electron chi connectivity index (χ4n) is 2.26. The summed E-state index contributed by atoms with van der Waals surface area (Å²) in [5.41, 5.74) is 1.99. The van der Waals surface area contributed by atoms with Crippen LogP contribution in [0.4, 0.5) is 0 Å². The summed E-state index contributed by atoms with van der Waals surface area (Å²) in [6.45, 7) is 5.00. The van der Waals surface area contributed by atoms with Crippen LogP contribution in [0.15, 0.2) is 47.9 Å². The quantitative estimate of drug-likeness (QED) is 0.644. The van der Waals surface area contributed by atoms with Gasteiger partial charge < -0.3 is 5.32 Å². The van der Waals surface area contributed by atoms with Crippen molar-refractivity contribution < 1.29 is 4.79 Å². The van der Waals surface area contributed by atoms with Crippen molar-refractivity contribution in [3.05, 3.63) is 48.3 Å². The predicted molar refractivity (Wildman–Crippen MR) is 94.4 cm³/mol. The molecule has 0 saturated carbocycles. The number of amides is 1. The third-order valence-corrected chi connectivity index (χ3v) is 4.57. The minimum atomic E-state index is -0.313. The molecule has 0 spiro atoms. The molecule has 1 N–H and O–H groups in total. The molecular formula is C16H19N7OS. The van der Waals surface area contributed by atoms with Crippen LogP contribution in [0.3, 0.4) is 0 Å². The monoisotopic (exact) mass is 357 g/mol. The molecule has 2 heterocycles. The second-order valence-corrected chi connectivity index (χ2v) is 6.84. The van der Waals surface area contributed by atoms with Gasteiger partial charge in [0.2, 0.25) is 11.1 Å². The van der Waals surface area contributed by atoms with Crippen LogP contribution in [0, 0.1) is 6.92 Å². The number of carbonyl (C=O) groups is 1. The zero-order chi connectivity index (χ0) is 17.6. The Labute approximate surface area is 149 Å². The van der Waals surface area contributed by atoms with E-state index in [4.69, 9.17) is 0 Å². The van der Waals surface area contributed by atoms with Crippen molar-refractivity contribution in [2.45, 2.75) is 30.8 Å². The zero-order valence-corrected chi connectivity index (χ0v) is 14.8. The van der Waals surface area contributed by atoms with Gasteiger partial charge in [0, 0.05) is 18.9 Å². The molecule has 1 atom stereocenters. The molecule has 2 aromatic heterocycles. The average Bonchev–Trinajstić information content (AvgIpc) is 3.26. The summed E-state index contributed by atoms with van der Waals surface area (Å²) < 4.78 is 3.42. The van der Waals surface area contributed by atoms with Gasteiger partial charge in [-0.1, -0.05) is 23.9 Å². The third kappa shape index (κ3) is 4.44. The molecule has 9 heteroatoms. The minimum Gasteiger partial charge on any atom is -0.353 e. The smallest absolute Gasteiger partial charge is 0.233 e. The van der Waals surface area contributed by atoms with E-state index in [0.717, 1.165) is 11.3 Å². The number of thioether (sulfide) groups is 1. The maximum atomic E-state index is 12.3. The van der Waals surface area contributed by atoms with Crippen LogP contribution in [0.2, 0.25) is 0 Å². The van der Waals surface area contributed by atoms with Gasteiger partial charge in [-0.05, 0) is 48.0 Å². The van der Waals surface area contributed by atoms with E-state index in [1.807, 2.05) is 50.4 Å². The second kappa shape index (κ2) is 7.93. The predicted octanol–water partition coefficient (Wildman–Crippen LogP) is 1.46. The largest absolute Gasteiger partial charge is 0.353 e. The minimum absolute atomic E-state index is 0.0593. The summed E-state index contributed by atoms with van der Waals surface area (Å²) in [7, 11) is 0. The Kier molecular flexibility index (Phi) is 5.44. The van der Waals surface area contributed by atoms with E-state index in [1.54, 1.807) is 15.6 Å². The van der Waals surface area contributed by atoms with Crippen LogP contribution in [0.1, 0.15) is 12.5 Å². The van der Waals surface area contributed by atoms with Gasteiger partial charge in [-0.25, -0.2) is 0 Å². The molecule has 3 rings (SSSR count). The van der Waals surface area contributed by atoms with Gasteiger partial charge >= 0.3 is 0 Å². The van der Waals surface area contributed by atoms with Gasteiger partial charge in [0.1, 0.15) is 0 Å². The highest BCUT2D eigenvalue weighted by molar-refractivity contribution is 8.00. The van der Waals surface area contributed by atoms with Crippen LogP contribution in [0.25, 0.3) is 5.69 Å². The molecule has 3 aromatic rings. The lowest BCUT2D eigenvalue weighted by Crippen LogP contribution is -2.33. The average molecular weight is 357 g/mol.